The summed E-state index contributed by atoms with van der Waals surface area (Å²) in [4.78, 5) is 20.9. The van der Waals surface area contributed by atoms with Crippen molar-refractivity contribution in [2.45, 2.75) is 39.3 Å². The van der Waals surface area contributed by atoms with Crippen LogP contribution in [0, 0.1) is 5.92 Å². The molecule has 1 aliphatic heterocycles. The van der Waals surface area contributed by atoms with E-state index in [9.17, 15) is 4.79 Å². The first kappa shape index (κ1) is 22.1. The molecule has 1 atom stereocenters. The number of piperazine rings is 1. The molecule has 1 aromatic heterocycles. The van der Waals surface area contributed by atoms with Crippen molar-refractivity contribution in [3.8, 4) is 0 Å². The smallest absolute Gasteiger partial charge is 0.307 e. The third-order valence-corrected chi connectivity index (χ3v) is 7.00. The SMILES string of the molecule is CC(C)CC1CN(c2nc3ccc(Cl)cc3s2)CCN1Cc1cccc(CC(=O)O)c1. The zero-order valence-corrected chi connectivity index (χ0v) is 19.5. The lowest BCUT2D eigenvalue weighted by atomic mass is 9.99. The minimum Gasteiger partial charge on any atom is -0.481 e. The van der Waals surface area contributed by atoms with Gasteiger partial charge in [-0.3, -0.25) is 9.69 Å². The maximum absolute atomic E-state index is 11.1. The Labute approximate surface area is 192 Å². The number of halogens is 1. The predicted molar refractivity (Wildman–Crippen MR) is 128 cm³/mol. The molecule has 0 aliphatic carbocycles. The number of thiazole rings is 1. The molecular formula is C24H28ClN3O2S. The molecule has 0 amide bonds. The Morgan fingerprint density at radius 2 is 2.03 bits per heavy atom. The lowest BCUT2D eigenvalue weighted by Gasteiger charge is -2.42. The van der Waals surface area contributed by atoms with Crippen molar-refractivity contribution in [1.29, 1.82) is 0 Å². The second kappa shape index (κ2) is 9.55. The van der Waals surface area contributed by atoms with E-state index in [2.05, 4.69) is 29.7 Å². The van der Waals surface area contributed by atoms with Gasteiger partial charge < -0.3 is 10.0 Å². The predicted octanol–water partition coefficient (Wildman–Crippen LogP) is 5.31. The number of hydrogen-bond acceptors (Lipinski definition) is 5. The number of hydrogen-bond donors (Lipinski definition) is 1. The average Bonchev–Trinajstić information content (AvgIpc) is 3.12. The minimum atomic E-state index is -0.791. The third-order valence-electron chi connectivity index (χ3n) is 5.69. The van der Waals surface area contributed by atoms with Crippen LogP contribution >= 0.6 is 22.9 Å². The van der Waals surface area contributed by atoms with Gasteiger partial charge in [-0.05, 0) is 41.7 Å². The first-order valence-corrected chi connectivity index (χ1v) is 11.9. The Morgan fingerprint density at radius 1 is 1.23 bits per heavy atom. The van der Waals surface area contributed by atoms with Gasteiger partial charge in [0.05, 0.1) is 16.6 Å². The summed E-state index contributed by atoms with van der Waals surface area (Å²) in [5.74, 6) is -0.194. The molecule has 0 saturated carbocycles. The molecule has 4 rings (SSSR count). The summed E-state index contributed by atoms with van der Waals surface area (Å²) in [5.41, 5.74) is 3.04. The number of nitrogens with zero attached hydrogens (tertiary/aromatic N) is 3. The van der Waals surface area contributed by atoms with E-state index in [1.54, 1.807) is 11.3 Å². The van der Waals surface area contributed by atoms with Crippen LogP contribution in [0.1, 0.15) is 31.4 Å². The number of rotatable bonds is 7. The van der Waals surface area contributed by atoms with E-state index in [0.29, 0.717) is 12.0 Å². The van der Waals surface area contributed by atoms with Crippen LogP contribution in [0.25, 0.3) is 10.2 Å². The summed E-state index contributed by atoms with van der Waals surface area (Å²) in [6, 6.07) is 14.3. The first-order valence-electron chi connectivity index (χ1n) is 10.7. The highest BCUT2D eigenvalue weighted by Gasteiger charge is 2.29. The second-order valence-corrected chi connectivity index (χ2v) is 10.1. The summed E-state index contributed by atoms with van der Waals surface area (Å²) in [6.07, 6.45) is 1.18. The molecule has 2 heterocycles. The standard InChI is InChI=1S/C24H28ClN3O2S/c1-16(2)10-20-15-28(24-26-21-7-6-19(25)13-22(21)31-24)9-8-27(20)14-18-5-3-4-17(11-18)12-23(29)30/h3-7,11,13,16,20H,8-10,12,14-15H2,1-2H3,(H,29,30). The number of anilines is 1. The summed E-state index contributed by atoms with van der Waals surface area (Å²) < 4.78 is 1.13. The van der Waals surface area contributed by atoms with Crippen molar-refractivity contribution in [2.24, 2.45) is 5.92 Å². The topological polar surface area (TPSA) is 56.7 Å². The molecule has 1 N–H and O–H groups in total. The van der Waals surface area contributed by atoms with Crippen molar-refractivity contribution >= 4 is 44.3 Å². The molecule has 31 heavy (non-hydrogen) atoms. The van der Waals surface area contributed by atoms with Crippen molar-refractivity contribution in [2.75, 3.05) is 24.5 Å². The Morgan fingerprint density at radius 3 is 2.81 bits per heavy atom. The Balaban J connectivity index is 1.50. The Bertz CT molecular complexity index is 1070. The molecule has 0 spiro atoms. The van der Waals surface area contributed by atoms with Gasteiger partial charge in [-0.2, -0.15) is 0 Å². The molecule has 2 aromatic carbocycles. The fourth-order valence-corrected chi connectivity index (χ4v) is 5.59. The highest BCUT2D eigenvalue weighted by molar-refractivity contribution is 7.22. The largest absolute Gasteiger partial charge is 0.481 e. The van der Waals surface area contributed by atoms with Gasteiger partial charge in [0.15, 0.2) is 5.13 Å². The summed E-state index contributed by atoms with van der Waals surface area (Å²) >= 11 is 7.86. The number of aromatic nitrogens is 1. The zero-order chi connectivity index (χ0) is 22.0. The van der Waals surface area contributed by atoms with Crippen molar-refractivity contribution in [3.05, 3.63) is 58.6 Å². The van der Waals surface area contributed by atoms with Crippen molar-refractivity contribution in [3.63, 3.8) is 0 Å². The Hall–Kier alpha value is -2.15. The fourth-order valence-electron chi connectivity index (χ4n) is 4.31. The molecule has 0 bridgehead atoms. The van der Waals surface area contributed by atoms with E-state index in [4.69, 9.17) is 21.7 Å². The third kappa shape index (κ3) is 5.56. The van der Waals surface area contributed by atoms with E-state index >= 15 is 0 Å². The van der Waals surface area contributed by atoms with Crippen LogP contribution in [0.4, 0.5) is 5.13 Å². The van der Waals surface area contributed by atoms with Crippen LogP contribution in [0.5, 0.6) is 0 Å². The summed E-state index contributed by atoms with van der Waals surface area (Å²) in [6.45, 7) is 8.21. The highest BCUT2D eigenvalue weighted by Crippen LogP contribution is 2.32. The van der Waals surface area contributed by atoms with Gasteiger partial charge in [0.25, 0.3) is 0 Å². The van der Waals surface area contributed by atoms with Crippen LogP contribution in [0.15, 0.2) is 42.5 Å². The first-order chi connectivity index (χ1) is 14.9. The number of carboxylic acid groups (broad SMARTS) is 1. The van der Waals surface area contributed by atoms with Gasteiger partial charge in [-0.1, -0.05) is 61.1 Å². The van der Waals surface area contributed by atoms with Crippen LogP contribution in [0.2, 0.25) is 5.02 Å². The maximum Gasteiger partial charge on any atom is 0.307 e. The van der Waals surface area contributed by atoms with Crippen LogP contribution in [0.3, 0.4) is 0 Å². The highest BCUT2D eigenvalue weighted by atomic mass is 35.5. The van der Waals surface area contributed by atoms with E-state index in [1.807, 2.05) is 36.4 Å². The van der Waals surface area contributed by atoms with E-state index in [1.165, 1.54) is 5.56 Å². The molecule has 1 unspecified atom stereocenters. The van der Waals surface area contributed by atoms with Gasteiger partial charge >= 0.3 is 5.97 Å². The average molecular weight is 458 g/mol. The monoisotopic (exact) mass is 457 g/mol. The van der Waals surface area contributed by atoms with E-state index in [-0.39, 0.29) is 6.42 Å². The summed E-state index contributed by atoms with van der Waals surface area (Å²) in [7, 11) is 0. The van der Waals surface area contributed by atoms with E-state index < -0.39 is 5.97 Å². The second-order valence-electron chi connectivity index (χ2n) is 8.70. The lowest BCUT2D eigenvalue weighted by molar-refractivity contribution is -0.136. The fraction of sp³-hybridized carbons (Fsp3) is 0.417. The number of carbonyl (C=O) groups is 1. The maximum atomic E-state index is 11.1. The molecule has 7 heteroatoms. The van der Waals surface area contributed by atoms with Crippen molar-refractivity contribution < 1.29 is 9.90 Å². The van der Waals surface area contributed by atoms with E-state index in [0.717, 1.165) is 58.5 Å². The normalized spacial score (nSPS) is 17.5. The molecule has 1 saturated heterocycles. The number of benzene rings is 2. The van der Waals surface area contributed by atoms with Gasteiger partial charge in [-0.15, -0.1) is 0 Å². The molecule has 1 fully saturated rings. The molecule has 3 aromatic rings. The lowest BCUT2D eigenvalue weighted by Crippen LogP contribution is -2.53. The van der Waals surface area contributed by atoms with Gasteiger partial charge in [0.2, 0.25) is 0 Å². The molecule has 164 valence electrons. The van der Waals surface area contributed by atoms with Gasteiger partial charge in [0.1, 0.15) is 0 Å². The molecule has 5 nitrogen and oxygen atoms in total. The van der Waals surface area contributed by atoms with Gasteiger partial charge in [0, 0.05) is 37.2 Å². The summed E-state index contributed by atoms with van der Waals surface area (Å²) in [5, 5.41) is 10.9. The Kier molecular flexibility index (Phi) is 6.80. The molecular weight excluding hydrogens is 430 g/mol. The number of fused-ring (bicyclic) bond motifs is 1. The number of carboxylic acids is 1. The minimum absolute atomic E-state index is 0.0681. The van der Waals surface area contributed by atoms with Crippen molar-refractivity contribution in [1.82, 2.24) is 9.88 Å². The quantitative estimate of drug-likeness (QED) is 0.520. The zero-order valence-electron chi connectivity index (χ0n) is 17.9. The van der Waals surface area contributed by atoms with Crippen LogP contribution in [-0.4, -0.2) is 46.6 Å². The molecule has 1 aliphatic rings. The van der Waals surface area contributed by atoms with Crippen LogP contribution < -0.4 is 4.90 Å². The van der Waals surface area contributed by atoms with Gasteiger partial charge in [-0.25, -0.2) is 4.98 Å². The molecule has 0 radical (unpaired) electrons. The number of aliphatic carboxylic acids is 1. The van der Waals surface area contributed by atoms with Crippen LogP contribution in [-0.2, 0) is 17.8 Å².